The van der Waals surface area contributed by atoms with Crippen molar-refractivity contribution in [3.63, 3.8) is 0 Å². The van der Waals surface area contributed by atoms with E-state index in [-0.39, 0.29) is 23.3 Å². The van der Waals surface area contributed by atoms with E-state index in [4.69, 9.17) is 9.47 Å². The number of rotatable bonds is 7. The summed E-state index contributed by atoms with van der Waals surface area (Å²) >= 11 is 0. The molecule has 6 heteroatoms. The molecule has 3 aromatic carbocycles. The van der Waals surface area contributed by atoms with Crippen LogP contribution in [0.4, 0.5) is 0 Å². The molecule has 0 spiro atoms. The third kappa shape index (κ3) is 5.38. The van der Waals surface area contributed by atoms with Crippen LogP contribution in [-0.4, -0.2) is 35.4 Å². The summed E-state index contributed by atoms with van der Waals surface area (Å²) in [7, 11) is 1.58. The van der Waals surface area contributed by atoms with Crippen molar-refractivity contribution in [3.05, 3.63) is 101 Å². The Morgan fingerprint density at radius 2 is 1.62 bits per heavy atom. The maximum atomic E-state index is 13.4. The van der Waals surface area contributed by atoms with E-state index in [2.05, 4.69) is 20.8 Å². The summed E-state index contributed by atoms with van der Waals surface area (Å²) in [6.07, 6.45) is 0. The number of methoxy groups -OCH3 is 1. The molecule has 0 aliphatic carbocycles. The molecule has 0 radical (unpaired) electrons. The molecule has 192 valence electrons. The topological polar surface area (TPSA) is 76.1 Å². The first kappa shape index (κ1) is 26.0. The molecule has 3 aromatic rings. The lowest BCUT2D eigenvalue weighted by Crippen LogP contribution is -2.29. The Labute approximate surface area is 218 Å². The molecular formula is C31H33NO5. The number of hydrogen-bond acceptors (Lipinski definition) is 5. The molecule has 1 heterocycles. The maximum absolute atomic E-state index is 13.4. The van der Waals surface area contributed by atoms with E-state index >= 15 is 0 Å². The zero-order valence-corrected chi connectivity index (χ0v) is 21.9. The Morgan fingerprint density at radius 1 is 0.946 bits per heavy atom. The second kappa shape index (κ2) is 10.5. The summed E-state index contributed by atoms with van der Waals surface area (Å²) in [6, 6.07) is 21.4. The highest BCUT2D eigenvalue weighted by molar-refractivity contribution is 6.46. The Morgan fingerprint density at radius 3 is 2.22 bits per heavy atom. The second-order valence-electron chi connectivity index (χ2n) is 10.1. The van der Waals surface area contributed by atoms with Crippen LogP contribution in [0.2, 0.25) is 0 Å². The van der Waals surface area contributed by atoms with Gasteiger partial charge in [0.05, 0.1) is 25.3 Å². The van der Waals surface area contributed by atoms with Crippen molar-refractivity contribution >= 4 is 17.4 Å². The van der Waals surface area contributed by atoms with Crippen molar-refractivity contribution in [2.75, 3.05) is 13.7 Å². The number of hydrogen-bond donors (Lipinski definition) is 1. The highest BCUT2D eigenvalue weighted by atomic mass is 16.5. The van der Waals surface area contributed by atoms with Crippen molar-refractivity contribution in [3.8, 4) is 11.5 Å². The van der Waals surface area contributed by atoms with Crippen LogP contribution >= 0.6 is 0 Å². The van der Waals surface area contributed by atoms with Gasteiger partial charge in [-0.15, -0.1) is 0 Å². The number of aliphatic hydroxyl groups excluding tert-OH is 1. The van der Waals surface area contributed by atoms with Gasteiger partial charge in [0.15, 0.2) is 0 Å². The van der Waals surface area contributed by atoms with Crippen molar-refractivity contribution < 1.29 is 24.2 Å². The van der Waals surface area contributed by atoms with Gasteiger partial charge in [-0.1, -0.05) is 57.2 Å². The summed E-state index contributed by atoms with van der Waals surface area (Å²) in [6.45, 7) is 8.98. The number of Topliss-reactive ketones (excluding diaryl/α,β-unsaturated/α-hetero) is 1. The van der Waals surface area contributed by atoms with E-state index in [1.54, 1.807) is 31.4 Å². The smallest absolute Gasteiger partial charge is 0.295 e. The first-order valence-electron chi connectivity index (χ1n) is 12.4. The largest absolute Gasteiger partial charge is 0.507 e. The predicted molar refractivity (Wildman–Crippen MR) is 144 cm³/mol. The summed E-state index contributed by atoms with van der Waals surface area (Å²) in [5.74, 6) is -0.250. The lowest BCUT2D eigenvalue weighted by atomic mass is 9.85. The minimum Gasteiger partial charge on any atom is -0.507 e. The van der Waals surface area contributed by atoms with Gasteiger partial charge in [0.25, 0.3) is 11.7 Å². The molecule has 1 aliphatic heterocycles. The van der Waals surface area contributed by atoms with Gasteiger partial charge in [0.1, 0.15) is 17.3 Å². The number of amides is 1. The van der Waals surface area contributed by atoms with Crippen LogP contribution in [0, 0.1) is 0 Å². The van der Waals surface area contributed by atoms with E-state index in [1.165, 1.54) is 4.90 Å². The average molecular weight is 500 g/mol. The lowest BCUT2D eigenvalue weighted by Gasteiger charge is -2.27. The Bertz CT molecular complexity index is 1320. The Kier molecular flexibility index (Phi) is 7.39. The fourth-order valence-electron chi connectivity index (χ4n) is 4.55. The molecule has 1 atom stereocenters. The summed E-state index contributed by atoms with van der Waals surface area (Å²) < 4.78 is 10.8. The zero-order chi connectivity index (χ0) is 26.7. The molecule has 6 nitrogen and oxygen atoms in total. The molecule has 0 bridgehead atoms. The van der Waals surface area contributed by atoms with Crippen LogP contribution < -0.4 is 9.47 Å². The highest BCUT2D eigenvalue weighted by Crippen LogP contribution is 2.41. The fourth-order valence-corrected chi connectivity index (χ4v) is 4.55. The fraction of sp³-hybridized carbons (Fsp3) is 0.290. The van der Waals surface area contributed by atoms with Gasteiger partial charge in [-0.2, -0.15) is 0 Å². The van der Waals surface area contributed by atoms with Crippen molar-refractivity contribution in [2.45, 2.75) is 45.7 Å². The van der Waals surface area contributed by atoms with Crippen LogP contribution in [-0.2, 0) is 21.5 Å². The minimum absolute atomic E-state index is 0.0523. The lowest BCUT2D eigenvalue weighted by molar-refractivity contribution is -0.140. The molecular weight excluding hydrogens is 466 g/mol. The quantitative estimate of drug-likeness (QED) is 0.245. The molecule has 1 amide bonds. The first-order chi connectivity index (χ1) is 17.6. The summed E-state index contributed by atoms with van der Waals surface area (Å²) in [5.41, 5.74) is 3.16. The number of ether oxygens (including phenoxy) is 2. The number of aliphatic hydroxyl groups is 1. The number of carbonyl (C=O) groups is 2. The number of ketones is 1. The average Bonchev–Trinajstić information content (AvgIpc) is 3.13. The van der Waals surface area contributed by atoms with Crippen molar-refractivity contribution in [2.24, 2.45) is 0 Å². The number of benzene rings is 3. The van der Waals surface area contributed by atoms with Crippen LogP contribution in [0.5, 0.6) is 11.5 Å². The van der Waals surface area contributed by atoms with Crippen LogP contribution in [0.15, 0.2) is 78.4 Å². The number of carbonyl (C=O) groups excluding carboxylic acids is 2. The first-order valence-corrected chi connectivity index (χ1v) is 12.4. The normalized spacial score (nSPS) is 17.2. The van der Waals surface area contributed by atoms with Gasteiger partial charge in [-0.25, -0.2) is 0 Å². The van der Waals surface area contributed by atoms with Crippen LogP contribution in [0.25, 0.3) is 5.76 Å². The van der Waals surface area contributed by atoms with Gasteiger partial charge in [-0.3, -0.25) is 9.59 Å². The van der Waals surface area contributed by atoms with E-state index in [0.717, 1.165) is 16.7 Å². The molecule has 1 unspecified atom stereocenters. The van der Waals surface area contributed by atoms with Gasteiger partial charge >= 0.3 is 0 Å². The van der Waals surface area contributed by atoms with Gasteiger partial charge in [0, 0.05) is 12.1 Å². The SMILES string of the molecule is CCOc1ccc(/C(O)=C2/C(=O)C(=O)N(Cc3cccc(OC)c3)C2c2ccc(C(C)(C)C)cc2)cc1. The molecule has 37 heavy (non-hydrogen) atoms. The summed E-state index contributed by atoms with van der Waals surface area (Å²) in [4.78, 5) is 28.2. The van der Waals surface area contributed by atoms with Crippen molar-refractivity contribution in [1.82, 2.24) is 4.90 Å². The monoisotopic (exact) mass is 499 g/mol. The number of likely N-dealkylation sites (tertiary alicyclic amines) is 1. The zero-order valence-electron chi connectivity index (χ0n) is 21.9. The second-order valence-corrected chi connectivity index (χ2v) is 10.1. The highest BCUT2D eigenvalue weighted by Gasteiger charge is 2.46. The molecule has 1 fully saturated rings. The van der Waals surface area contributed by atoms with Crippen molar-refractivity contribution in [1.29, 1.82) is 0 Å². The van der Waals surface area contributed by atoms with Gasteiger partial charge < -0.3 is 19.5 Å². The molecule has 4 rings (SSSR count). The predicted octanol–water partition coefficient (Wildman–Crippen LogP) is 6.01. The third-order valence-corrected chi connectivity index (χ3v) is 6.56. The molecule has 1 aliphatic rings. The third-order valence-electron chi connectivity index (χ3n) is 6.56. The van der Waals surface area contributed by atoms with E-state index in [0.29, 0.717) is 23.7 Å². The summed E-state index contributed by atoms with van der Waals surface area (Å²) in [5, 5.41) is 11.3. The molecule has 1 N–H and O–H groups in total. The number of nitrogens with zero attached hydrogens (tertiary/aromatic N) is 1. The van der Waals surface area contributed by atoms with E-state index in [1.807, 2.05) is 55.5 Å². The van der Waals surface area contributed by atoms with E-state index in [9.17, 15) is 14.7 Å². The minimum atomic E-state index is -0.744. The maximum Gasteiger partial charge on any atom is 0.295 e. The van der Waals surface area contributed by atoms with E-state index < -0.39 is 17.7 Å². The molecule has 1 saturated heterocycles. The van der Waals surface area contributed by atoms with Crippen LogP contribution in [0.3, 0.4) is 0 Å². The standard InChI is InChI=1S/C31H33NO5/c1-6-37-24-16-12-22(13-17-24)28(33)26-27(21-10-14-23(15-11-21)31(2,3)4)32(30(35)29(26)34)19-20-8-7-9-25(18-20)36-5/h7-18,27,33H,6,19H2,1-5H3/b28-26-. The van der Waals surface area contributed by atoms with Gasteiger partial charge in [-0.05, 0) is 65.4 Å². The molecule has 0 aromatic heterocycles. The Balaban J connectivity index is 1.82. The molecule has 0 saturated carbocycles. The Hall–Kier alpha value is -4.06. The van der Waals surface area contributed by atoms with Crippen LogP contribution in [0.1, 0.15) is 56.0 Å². The van der Waals surface area contributed by atoms with Gasteiger partial charge in [0.2, 0.25) is 0 Å².